The Hall–Kier alpha value is -3.27. The lowest BCUT2D eigenvalue weighted by molar-refractivity contribution is -0.402. The van der Waals surface area contributed by atoms with Crippen LogP contribution < -0.4 is 10.6 Å². The van der Waals surface area contributed by atoms with Gasteiger partial charge in [0.25, 0.3) is 5.91 Å². The fourth-order valence-corrected chi connectivity index (χ4v) is 2.67. The van der Waals surface area contributed by atoms with E-state index in [1.165, 1.54) is 11.6 Å². The van der Waals surface area contributed by atoms with Crippen LogP contribution in [0.2, 0.25) is 0 Å². The van der Waals surface area contributed by atoms with Gasteiger partial charge in [-0.25, -0.2) is 0 Å². The molecule has 0 aliphatic heterocycles. The van der Waals surface area contributed by atoms with E-state index in [4.69, 9.17) is 4.42 Å². The van der Waals surface area contributed by atoms with Gasteiger partial charge in [-0.2, -0.15) is 0 Å². The SMILES string of the molecule is O=C(Nc1nnc(NCCc2ccccc2)s1)c1ccc([N+](=O)[O-])o1. The summed E-state index contributed by atoms with van der Waals surface area (Å²) in [5, 5.41) is 24.8. The summed E-state index contributed by atoms with van der Waals surface area (Å²) in [6, 6.07) is 12.3. The fraction of sp³-hybridized carbons (Fsp3) is 0.133. The van der Waals surface area contributed by atoms with Gasteiger partial charge >= 0.3 is 5.88 Å². The Morgan fingerprint density at radius 2 is 1.92 bits per heavy atom. The molecule has 1 amide bonds. The lowest BCUT2D eigenvalue weighted by Gasteiger charge is -2.01. The lowest BCUT2D eigenvalue weighted by Crippen LogP contribution is -2.10. The highest BCUT2D eigenvalue weighted by molar-refractivity contribution is 7.19. The van der Waals surface area contributed by atoms with Crippen molar-refractivity contribution < 1.29 is 14.1 Å². The number of aromatic nitrogens is 2. The van der Waals surface area contributed by atoms with E-state index in [-0.39, 0.29) is 10.9 Å². The second kappa shape index (κ2) is 7.53. The van der Waals surface area contributed by atoms with E-state index in [1.54, 1.807) is 0 Å². The summed E-state index contributed by atoms with van der Waals surface area (Å²) in [6.45, 7) is 0.678. The third-order valence-electron chi connectivity index (χ3n) is 3.17. The molecule has 0 radical (unpaired) electrons. The predicted octanol–water partition coefficient (Wildman–Crippen LogP) is 2.95. The van der Waals surface area contributed by atoms with E-state index in [0.717, 1.165) is 23.8 Å². The van der Waals surface area contributed by atoms with Gasteiger partial charge in [-0.1, -0.05) is 41.7 Å². The second-order valence-electron chi connectivity index (χ2n) is 4.92. The molecule has 128 valence electrons. The number of furan rings is 1. The summed E-state index contributed by atoms with van der Waals surface area (Å²) >= 11 is 1.16. The van der Waals surface area contributed by atoms with Gasteiger partial charge in [-0.05, 0) is 18.1 Å². The number of anilines is 2. The number of nitrogens with zero attached hydrogens (tertiary/aromatic N) is 3. The monoisotopic (exact) mass is 359 g/mol. The maximum Gasteiger partial charge on any atom is 0.433 e. The number of amides is 1. The second-order valence-corrected chi connectivity index (χ2v) is 5.90. The van der Waals surface area contributed by atoms with Crippen LogP contribution in [0.25, 0.3) is 0 Å². The maximum absolute atomic E-state index is 11.9. The first-order valence-corrected chi connectivity index (χ1v) is 8.10. The molecule has 0 fully saturated rings. The third-order valence-corrected chi connectivity index (χ3v) is 3.97. The van der Waals surface area contributed by atoms with Crippen LogP contribution in [-0.2, 0) is 6.42 Å². The van der Waals surface area contributed by atoms with Crippen molar-refractivity contribution in [3.8, 4) is 0 Å². The van der Waals surface area contributed by atoms with Crippen molar-refractivity contribution in [2.45, 2.75) is 6.42 Å². The third kappa shape index (κ3) is 4.38. The number of carbonyl (C=O) groups excluding carboxylic acids is 1. The van der Waals surface area contributed by atoms with Crippen molar-refractivity contribution in [2.75, 3.05) is 17.2 Å². The molecule has 0 bridgehead atoms. The van der Waals surface area contributed by atoms with Crippen LogP contribution in [0, 0.1) is 10.1 Å². The van der Waals surface area contributed by atoms with Gasteiger partial charge in [0.1, 0.15) is 4.92 Å². The average Bonchev–Trinajstić information content (AvgIpc) is 3.25. The van der Waals surface area contributed by atoms with Gasteiger partial charge in [0.15, 0.2) is 5.76 Å². The lowest BCUT2D eigenvalue weighted by atomic mass is 10.2. The summed E-state index contributed by atoms with van der Waals surface area (Å²) < 4.78 is 4.83. The van der Waals surface area contributed by atoms with Crippen molar-refractivity contribution in [1.82, 2.24) is 10.2 Å². The first kappa shape index (κ1) is 16.6. The molecule has 2 N–H and O–H groups in total. The molecule has 3 rings (SSSR count). The molecule has 0 unspecified atom stereocenters. The molecule has 10 heteroatoms. The predicted molar refractivity (Wildman–Crippen MR) is 91.9 cm³/mol. The Morgan fingerprint density at radius 3 is 2.64 bits per heavy atom. The zero-order valence-corrected chi connectivity index (χ0v) is 13.7. The van der Waals surface area contributed by atoms with E-state index in [9.17, 15) is 14.9 Å². The van der Waals surface area contributed by atoms with E-state index >= 15 is 0 Å². The summed E-state index contributed by atoms with van der Waals surface area (Å²) in [5.74, 6) is -1.29. The molecule has 1 aromatic carbocycles. The summed E-state index contributed by atoms with van der Waals surface area (Å²) in [7, 11) is 0. The first-order chi connectivity index (χ1) is 12.1. The quantitative estimate of drug-likeness (QED) is 0.491. The Kier molecular flexibility index (Phi) is 5.00. The van der Waals surface area contributed by atoms with Gasteiger partial charge in [0.05, 0.1) is 6.07 Å². The van der Waals surface area contributed by atoms with Crippen LogP contribution in [0.4, 0.5) is 16.1 Å². The van der Waals surface area contributed by atoms with Crippen LogP contribution in [0.3, 0.4) is 0 Å². The van der Waals surface area contributed by atoms with Gasteiger partial charge in [0, 0.05) is 6.54 Å². The van der Waals surface area contributed by atoms with Crippen molar-refractivity contribution >= 4 is 33.4 Å². The highest BCUT2D eigenvalue weighted by Crippen LogP contribution is 2.22. The number of hydrogen-bond donors (Lipinski definition) is 2. The van der Waals surface area contributed by atoms with Gasteiger partial charge in [0.2, 0.25) is 10.3 Å². The molecule has 9 nitrogen and oxygen atoms in total. The average molecular weight is 359 g/mol. The van der Waals surface area contributed by atoms with Crippen LogP contribution in [0.1, 0.15) is 16.1 Å². The fourth-order valence-electron chi connectivity index (χ4n) is 2.01. The molecule has 2 aromatic heterocycles. The Bertz CT molecular complexity index is 877. The number of benzene rings is 1. The zero-order chi connectivity index (χ0) is 17.6. The van der Waals surface area contributed by atoms with Crippen LogP contribution >= 0.6 is 11.3 Å². The number of hydrogen-bond acceptors (Lipinski definition) is 8. The molecule has 2 heterocycles. The van der Waals surface area contributed by atoms with E-state index < -0.39 is 16.7 Å². The van der Waals surface area contributed by atoms with Crippen LogP contribution in [-0.4, -0.2) is 27.6 Å². The minimum Gasteiger partial charge on any atom is -0.395 e. The largest absolute Gasteiger partial charge is 0.433 e. The van der Waals surface area contributed by atoms with Crippen LogP contribution in [0.15, 0.2) is 46.9 Å². The molecule has 0 spiro atoms. The number of rotatable bonds is 7. The van der Waals surface area contributed by atoms with Gasteiger partial charge in [-0.3, -0.25) is 20.2 Å². The first-order valence-electron chi connectivity index (χ1n) is 7.29. The van der Waals surface area contributed by atoms with Crippen molar-refractivity contribution in [3.63, 3.8) is 0 Å². The van der Waals surface area contributed by atoms with Gasteiger partial charge < -0.3 is 9.73 Å². The zero-order valence-electron chi connectivity index (χ0n) is 12.8. The molecular formula is C15H13N5O4S. The highest BCUT2D eigenvalue weighted by Gasteiger charge is 2.18. The Labute approximate surface area is 145 Å². The van der Waals surface area contributed by atoms with Crippen LogP contribution in [0.5, 0.6) is 0 Å². The number of nitro groups is 1. The standard InChI is InChI=1S/C15H13N5O4S/c21-13(11-6-7-12(24-11)20(22)23)17-15-19-18-14(25-15)16-9-8-10-4-2-1-3-5-10/h1-7H,8-9H2,(H,16,18)(H,17,19,21). The highest BCUT2D eigenvalue weighted by atomic mass is 32.1. The molecule has 0 saturated heterocycles. The van der Waals surface area contributed by atoms with Crippen molar-refractivity contribution in [3.05, 3.63) is 63.9 Å². The Balaban J connectivity index is 1.52. The molecular weight excluding hydrogens is 346 g/mol. The minimum absolute atomic E-state index is 0.166. The van der Waals surface area contributed by atoms with Crippen molar-refractivity contribution in [2.24, 2.45) is 0 Å². The number of nitrogens with one attached hydrogen (secondary N) is 2. The van der Waals surface area contributed by atoms with E-state index in [2.05, 4.69) is 20.8 Å². The van der Waals surface area contributed by atoms with Gasteiger partial charge in [-0.15, -0.1) is 10.2 Å². The maximum atomic E-state index is 11.9. The number of carbonyl (C=O) groups is 1. The molecule has 3 aromatic rings. The summed E-state index contributed by atoms with van der Waals surface area (Å²) in [6.07, 6.45) is 0.832. The summed E-state index contributed by atoms with van der Waals surface area (Å²) in [5.41, 5.74) is 1.20. The molecule has 0 saturated carbocycles. The molecule has 0 aliphatic carbocycles. The smallest absolute Gasteiger partial charge is 0.395 e. The minimum atomic E-state index is -0.712. The molecule has 25 heavy (non-hydrogen) atoms. The Morgan fingerprint density at radius 1 is 1.16 bits per heavy atom. The molecule has 0 aliphatic rings. The normalized spacial score (nSPS) is 10.4. The topological polar surface area (TPSA) is 123 Å². The summed E-state index contributed by atoms with van der Waals surface area (Å²) in [4.78, 5) is 21.8. The van der Waals surface area contributed by atoms with Crippen molar-refractivity contribution in [1.29, 1.82) is 0 Å². The molecule has 0 atom stereocenters. The van der Waals surface area contributed by atoms with E-state index in [1.807, 2.05) is 30.3 Å². The van der Waals surface area contributed by atoms with E-state index in [0.29, 0.717) is 11.7 Å².